The molecule has 0 radical (unpaired) electrons. The lowest BCUT2D eigenvalue weighted by Crippen LogP contribution is -2.14. The summed E-state index contributed by atoms with van der Waals surface area (Å²) < 4.78 is 45.4. The van der Waals surface area contributed by atoms with E-state index in [-0.39, 0.29) is 5.56 Å². The van der Waals surface area contributed by atoms with Crippen LogP contribution in [0.5, 0.6) is 0 Å². The molecule has 3 heterocycles. The van der Waals surface area contributed by atoms with Crippen LogP contribution in [0.1, 0.15) is 47.3 Å². The molecule has 1 N–H and O–H groups in total. The maximum atomic E-state index is 13.3. The molecule has 31 heavy (non-hydrogen) atoms. The molecule has 0 bridgehead atoms. The predicted octanol–water partition coefficient (Wildman–Crippen LogP) is 5.64. The molecule has 8 heteroatoms. The summed E-state index contributed by atoms with van der Waals surface area (Å²) in [5.74, 6) is 0.493. The van der Waals surface area contributed by atoms with Crippen molar-refractivity contribution >= 4 is 22.3 Å². The third kappa shape index (κ3) is 4.25. The summed E-state index contributed by atoms with van der Waals surface area (Å²) in [6.07, 6.45) is 0.258. The van der Waals surface area contributed by atoms with Crippen LogP contribution in [0.3, 0.4) is 0 Å². The summed E-state index contributed by atoms with van der Waals surface area (Å²) in [7, 11) is 0. The number of aromatic nitrogens is 3. The van der Waals surface area contributed by atoms with Crippen molar-refractivity contribution < 1.29 is 17.9 Å². The molecule has 0 unspecified atom stereocenters. The Morgan fingerprint density at radius 3 is 2.68 bits per heavy atom. The molecule has 0 spiro atoms. The largest absolute Gasteiger partial charge is 0.416 e. The lowest BCUT2D eigenvalue weighted by molar-refractivity contribution is -0.138. The molecular weight excluding hydrogens is 405 g/mol. The van der Waals surface area contributed by atoms with Gasteiger partial charge in [0, 0.05) is 11.6 Å². The van der Waals surface area contributed by atoms with Crippen LogP contribution < -0.4 is 5.32 Å². The molecule has 0 saturated carbocycles. The summed E-state index contributed by atoms with van der Waals surface area (Å²) in [4.78, 5) is 4.59. The van der Waals surface area contributed by atoms with Crippen molar-refractivity contribution in [1.29, 1.82) is 0 Å². The van der Waals surface area contributed by atoms with E-state index in [1.165, 1.54) is 13.0 Å². The number of benzene rings is 1. The van der Waals surface area contributed by atoms with E-state index >= 15 is 0 Å². The maximum absolute atomic E-state index is 13.3. The smallest absolute Gasteiger partial charge is 0.377 e. The van der Waals surface area contributed by atoms with Crippen molar-refractivity contribution in [1.82, 2.24) is 15.2 Å². The maximum Gasteiger partial charge on any atom is 0.416 e. The molecule has 2 aromatic heterocycles. The molecule has 0 fully saturated rings. The number of pyridine rings is 1. The van der Waals surface area contributed by atoms with E-state index in [9.17, 15) is 13.2 Å². The highest BCUT2D eigenvalue weighted by atomic mass is 19.4. The summed E-state index contributed by atoms with van der Waals surface area (Å²) >= 11 is 0. The number of hydrogen-bond acceptors (Lipinski definition) is 5. The number of hydrogen-bond donors (Lipinski definition) is 1. The van der Waals surface area contributed by atoms with Crippen molar-refractivity contribution in [3.05, 3.63) is 64.5 Å². The summed E-state index contributed by atoms with van der Waals surface area (Å²) in [6, 6.07) is 5.83. The van der Waals surface area contributed by atoms with Crippen LogP contribution >= 0.6 is 0 Å². The third-order valence-electron chi connectivity index (χ3n) is 5.62. The van der Waals surface area contributed by atoms with Gasteiger partial charge >= 0.3 is 6.18 Å². The molecule has 1 aliphatic heterocycles. The second-order valence-corrected chi connectivity index (χ2v) is 7.69. The lowest BCUT2D eigenvalue weighted by Gasteiger charge is -2.21. The minimum Gasteiger partial charge on any atom is -0.377 e. The van der Waals surface area contributed by atoms with Crippen LogP contribution in [-0.4, -0.2) is 28.4 Å². The first kappa shape index (κ1) is 21.2. The monoisotopic (exact) mass is 428 g/mol. The Labute approximate surface area is 178 Å². The summed E-state index contributed by atoms with van der Waals surface area (Å²) in [5, 5.41) is 12.5. The number of nitrogens with zero attached hydrogens (tertiary/aromatic N) is 3. The van der Waals surface area contributed by atoms with Crippen LogP contribution in [0.2, 0.25) is 0 Å². The van der Waals surface area contributed by atoms with Crippen LogP contribution in [0.25, 0.3) is 16.5 Å². The Balaban J connectivity index is 1.73. The molecule has 1 aliphatic rings. The van der Waals surface area contributed by atoms with E-state index in [0.717, 1.165) is 29.0 Å². The molecule has 0 aliphatic carbocycles. The van der Waals surface area contributed by atoms with Gasteiger partial charge in [-0.3, -0.25) is 4.98 Å². The van der Waals surface area contributed by atoms with E-state index in [1.807, 2.05) is 32.2 Å². The van der Waals surface area contributed by atoms with Gasteiger partial charge in [0.2, 0.25) is 0 Å². The van der Waals surface area contributed by atoms with Gasteiger partial charge in [-0.1, -0.05) is 18.2 Å². The molecule has 5 nitrogen and oxygen atoms in total. The Bertz CT molecular complexity index is 1160. The van der Waals surface area contributed by atoms with E-state index in [4.69, 9.17) is 4.74 Å². The number of fused-ring (bicyclic) bond motifs is 1. The van der Waals surface area contributed by atoms with E-state index in [0.29, 0.717) is 35.8 Å². The third-order valence-corrected chi connectivity index (χ3v) is 5.62. The van der Waals surface area contributed by atoms with E-state index < -0.39 is 17.8 Å². The van der Waals surface area contributed by atoms with Crippen molar-refractivity contribution in [2.24, 2.45) is 0 Å². The van der Waals surface area contributed by atoms with Crippen LogP contribution in [-0.2, 0) is 10.9 Å². The van der Waals surface area contributed by atoms with E-state index in [2.05, 4.69) is 20.5 Å². The summed E-state index contributed by atoms with van der Waals surface area (Å²) in [6.45, 7) is 6.37. The standard InChI is InChI=1S/C23H23F3N4O/c1-13-18(5-4-6-20(13)23(24,25)26)14(2)28-22-19-11-17(16-7-9-31-10-8-16)12-27-21(19)15(3)29-30-22/h4-7,11-12,14H,8-10H2,1-3H3,(H,28,30)/t14-/m1/s1. The Morgan fingerprint density at radius 2 is 1.97 bits per heavy atom. The number of halogens is 3. The van der Waals surface area contributed by atoms with Gasteiger partial charge < -0.3 is 10.1 Å². The van der Waals surface area contributed by atoms with Gasteiger partial charge in [-0.05, 0) is 61.6 Å². The Hall–Kier alpha value is -3.00. The second-order valence-electron chi connectivity index (χ2n) is 7.69. The number of aryl methyl sites for hydroxylation is 1. The number of alkyl halides is 3. The molecule has 3 aromatic rings. The molecule has 0 amide bonds. The minimum absolute atomic E-state index is 0.200. The number of ether oxygens (including phenoxy) is 1. The highest BCUT2D eigenvalue weighted by Gasteiger charge is 2.33. The Morgan fingerprint density at radius 1 is 1.16 bits per heavy atom. The zero-order valence-corrected chi connectivity index (χ0v) is 17.5. The van der Waals surface area contributed by atoms with Gasteiger partial charge in [-0.2, -0.15) is 18.3 Å². The van der Waals surface area contributed by atoms with Crippen LogP contribution in [0, 0.1) is 13.8 Å². The first-order valence-corrected chi connectivity index (χ1v) is 10.1. The van der Waals surface area contributed by atoms with Gasteiger partial charge in [0.25, 0.3) is 0 Å². The fraction of sp³-hybridized carbons (Fsp3) is 0.348. The van der Waals surface area contributed by atoms with Gasteiger partial charge in [-0.15, -0.1) is 5.10 Å². The average molecular weight is 428 g/mol. The SMILES string of the molecule is Cc1c([C@@H](C)Nc2nnc(C)c3ncc(C4=CCOCC4)cc23)cccc1C(F)(F)F. The zero-order chi connectivity index (χ0) is 22.2. The molecule has 1 aromatic carbocycles. The molecule has 0 saturated heterocycles. The van der Waals surface area contributed by atoms with Crippen molar-refractivity contribution in [3.8, 4) is 0 Å². The topological polar surface area (TPSA) is 59.9 Å². The summed E-state index contributed by atoms with van der Waals surface area (Å²) in [5.41, 5.74) is 3.66. The molecular formula is C23H23F3N4O. The Kier molecular flexibility index (Phi) is 5.66. The van der Waals surface area contributed by atoms with Gasteiger partial charge in [-0.25, -0.2) is 0 Å². The molecule has 4 rings (SSSR count). The quantitative estimate of drug-likeness (QED) is 0.583. The van der Waals surface area contributed by atoms with Crippen LogP contribution in [0.4, 0.5) is 19.0 Å². The van der Waals surface area contributed by atoms with E-state index in [1.54, 1.807) is 6.07 Å². The fourth-order valence-electron chi connectivity index (χ4n) is 3.94. The number of rotatable bonds is 4. The highest BCUT2D eigenvalue weighted by molar-refractivity contribution is 5.92. The number of anilines is 1. The minimum atomic E-state index is -4.40. The van der Waals surface area contributed by atoms with Gasteiger partial charge in [0.05, 0.1) is 36.0 Å². The average Bonchev–Trinajstić information content (AvgIpc) is 2.75. The van der Waals surface area contributed by atoms with Crippen LogP contribution in [0.15, 0.2) is 36.5 Å². The van der Waals surface area contributed by atoms with Crippen molar-refractivity contribution in [2.75, 3.05) is 18.5 Å². The van der Waals surface area contributed by atoms with Crippen molar-refractivity contribution in [2.45, 2.75) is 39.4 Å². The number of nitrogens with one attached hydrogen (secondary N) is 1. The highest BCUT2D eigenvalue weighted by Crippen LogP contribution is 2.36. The molecule has 1 atom stereocenters. The van der Waals surface area contributed by atoms with Gasteiger partial charge in [0.15, 0.2) is 5.82 Å². The fourth-order valence-corrected chi connectivity index (χ4v) is 3.94. The first-order valence-electron chi connectivity index (χ1n) is 10.1. The first-order chi connectivity index (χ1) is 14.8. The second kappa shape index (κ2) is 8.26. The normalized spacial score (nSPS) is 15.6. The van der Waals surface area contributed by atoms with Crippen molar-refractivity contribution in [3.63, 3.8) is 0 Å². The predicted molar refractivity (Wildman–Crippen MR) is 114 cm³/mol. The zero-order valence-electron chi connectivity index (χ0n) is 17.5. The molecule has 162 valence electrons. The lowest BCUT2D eigenvalue weighted by atomic mass is 9.97. The van der Waals surface area contributed by atoms with Gasteiger partial charge in [0.1, 0.15) is 0 Å².